The zero-order valence-corrected chi connectivity index (χ0v) is 9.85. The number of phenolic OH excluding ortho intramolecular Hbond substituents is 2. The predicted octanol–water partition coefficient (Wildman–Crippen LogP) is 2.40. The van der Waals surface area contributed by atoms with Crippen LogP contribution >= 0.6 is 11.6 Å². The molecule has 1 aromatic heterocycles. The number of benzene rings is 1. The highest BCUT2D eigenvalue weighted by atomic mass is 35.5. The third-order valence-corrected chi connectivity index (χ3v) is 2.47. The molecule has 1 heterocycles. The lowest BCUT2D eigenvalue weighted by atomic mass is 10.1. The molecule has 18 heavy (non-hydrogen) atoms. The zero-order chi connectivity index (χ0) is 13.1. The SMILES string of the molecule is O=C(Nc1ccc(Cl)nc1)c1cccc(O)c1O. The summed E-state index contributed by atoms with van der Waals surface area (Å²) in [4.78, 5) is 15.6. The van der Waals surface area contributed by atoms with Gasteiger partial charge in [-0.05, 0) is 24.3 Å². The van der Waals surface area contributed by atoms with Gasteiger partial charge in [0.2, 0.25) is 0 Å². The number of phenols is 2. The van der Waals surface area contributed by atoms with Crippen molar-refractivity contribution in [3.05, 3.63) is 47.2 Å². The number of aromatic nitrogens is 1. The van der Waals surface area contributed by atoms with Crippen molar-refractivity contribution in [3.63, 3.8) is 0 Å². The monoisotopic (exact) mass is 264 g/mol. The first-order chi connectivity index (χ1) is 8.58. The summed E-state index contributed by atoms with van der Waals surface area (Å²) >= 11 is 5.61. The van der Waals surface area contributed by atoms with Gasteiger partial charge in [0.15, 0.2) is 11.5 Å². The molecule has 0 fully saturated rings. The highest BCUT2D eigenvalue weighted by molar-refractivity contribution is 6.29. The molecule has 1 aromatic carbocycles. The molecule has 0 bridgehead atoms. The minimum Gasteiger partial charge on any atom is -0.504 e. The number of hydrogen-bond acceptors (Lipinski definition) is 4. The Labute approximate surface area is 108 Å². The van der Waals surface area contributed by atoms with Crippen LogP contribution in [0.15, 0.2) is 36.5 Å². The average Bonchev–Trinajstić information content (AvgIpc) is 2.35. The Morgan fingerprint density at radius 3 is 2.67 bits per heavy atom. The van der Waals surface area contributed by atoms with Crippen LogP contribution in [0.3, 0.4) is 0 Å². The minimum atomic E-state index is -0.549. The van der Waals surface area contributed by atoms with Gasteiger partial charge in [0.1, 0.15) is 5.15 Å². The largest absolute Gasteiger partial charge is 0.504 e. The van der Waals surface area contributed by atoms with E-state index in [1.54, 1.807) is 6.07 Å². The molecular formula is C12H9ClN2O3. The van der Waals surface area contributed by atoms with Gasteiger partial charge in [-0.1, -0.05) is 17.7 Å². The maximum atomic E-state index is 11.8. The first-order valence-electron chi connectivity index (χ1n) is 5.02. The van der Waals surface area contributed by atoms with Crippen molar-refractivity contribution in [3.8, 4) is 11.5 Å². The summed E-state index contributed by atoms with van der Waals surface area (Å²) in [5.74, 6) is -1.36. The smallest absolute Gasteiger partial charge is 0.259 e. The van der Waals surface area contributed by atoms with Gasteiger partial charge in [0.05, 0.1) is 17.4 Å². The standard InChI is InChI=1S/C12H9ClN2O3/c13-10-5-4-7(6-14-10)15-12(18)8-2-1-3-9(16)11(8)17/h1-6,16-17H,(H,15,18). The van der Waals surface area contributed by atoms with E-state index in [9.17, 15) is 15.0 Å². The van der Waals surface area contributed by atoms with Gasteiger partial charge in [-0.2, -0.15) is 0 Å². The molecule has 0 spiro atoms. The van der Waals surface area contributed by atoms with E-state index in [0.717, 1.165) is 0 Å². The van der Waals surface area contributed by atoms with Crippen LogP contribution in [0.25, 0.3) is 0 Å². The van der Waals surface area contributed by atoms with E-state index in [4.69, 9.17) is 11.6 Å². The molecule has 1 amide bonds. The van der Waals surface area contributed by atoms with E-state index < -0.39 is 11.7 Å². The summed E-state index contributed by atoms with van der Waals surface area (Å²) in [6.07, 6.45) is 1.39. The number of amides is 1. The molecule has 2 aromatic rings. The summed E-state index contributed by atoms with van der Waals surface area (Å²) < 4.78 is 0. The fraction of sp³-hybridized carbons (Fsp3) is 0. The Bertz CT molecular complexity index is 584. The van der Waals surface area contributed by atoms with E-state index in [1.807, 2.05) is 0 Å². The lowest BCUT2D eigenvalue weighted by Gasteiger charge is -2.07. The summed E-state index contributed by atoms with van der Waals surface area (Å²) in [5, 5.41) is 21.7. The van der Waals surface area contributed by atoms with E-state index in [0.29, 0.717) is 10.8 Å². The van der Waals surface area contributed by atoms with Crippen LogP contribution in [0.5, 0.6) is 11.5 Å². The fourth-order valence-electron chi connectivity index (χ4n) is 1.36. The summed E-state index contributed by atoms with van der Waals surface area (Å²) in [6.45, 7) is 0. The first-order valence-corrected chi connectivity index (χ1v) is 5.39. The maximum absolute atomic E-state index is 11.8. The number of rotatable bonds is 2. The molecule has 92 valence electrons. The molecule has 0 unspecified atom stereocenters. The van der Waals surface area contributed by atoms with Gasteiger partial charge in [-0.25, -0.2) is 4.98 Å². The fourth-order valence-corrected chi connectivity index (χ4v) is 1.47. The van der Waals surface area contributed by atoms with E-state index in [2.05, 4.69) is 10.3 Å². The normalized spacial score (nSPS) is 10.1. The maximum Gasteiger partial charge on any atom is 0.259 e. The zero-order valence-electron chi connectivity index (χ0n) is 9.09. The summed E-state index contributed by atoms with van der Waals surface area (Å²) in [6, 6.07) is 7.25. The lowest BCUT2D eigenvalue weighted by Crippen LogP contribution is -2.12. The number of halogens is 1. The quantitative estimate of drug-likeness (QED) is 0.575. The van der Waals surface area contributed by atoms with E-state index in [1.165, 1.54) is 30.5 Å². The van der Waals surface area contributed by atoms with Gasteiger partial charge in [-0.15, -0.1) is 0 Å². The Morgan fingerprint density at radius 2 is 2.00 bits per heavy atom. The highest BCUT2D eigenvalue weighted by Crippen LogP contribution is 2.28. The van der Waals surface area contributed by atoms with Crippen LogP contribution < -0.4 is 5.32 Å². The number of hydrogen-bond donors (Lipinski definition) is 3. The number of pyridine rings is 1. The van der Waals surface area contributed by atoms with Gasteiger partial charge < -0.3 is 15.5 Å². The lowest BCUT2D eigenvalue weighted by molar-refractivity contribution is 0.102. The number of aromatic hydroxyl groups is 2. The molecule has 0 atom stereocenters. The molecule has 2 rings (SSSR count). The molecule has 0 saturated carbocycles. The van der Waals surface area contributed by atoms with Gasteiger partial charge in [0, 0.05) is 0 Å². The molecule has 0 saturated heterocycles. The molecule has 0 aliphatic heterocycles. The van der Waals surface area contributed by atoms with Gasteiger partial charge in [0.25, 0.3) is 5.91 Å². The second kappa shape index (κ2) is 4.93. The first kappa shape index (κ1) is 12.2. The molecule has 0 aliphatic rings. The molecular weight excluding hydrogens is 256 g/mol. The highest BCUT2D eigenvalue weighted by Gasteiger charge is 2.13. The van der Waals surface area contributed by atoms with Crippen molar-refractivity contribution < 1.29 is 15.0 Å². The Hall–Kier alpha value is -2.27. The van der Waals surface area contributed by atoms with Crippen LogP contribution in [0.1, 0.15) is 10.4 Å². The number of carbonyl (C=O) groups is 1. The molecule has 6 heteroatoms. The van der Waals surface area contributed by atoms with Crippen LogP contribution in [-0.2, 0) is 0 Å². The molecule has 5 nitrogen and oxygen atoms in total. The molecule has 0 aliphatic carbocycles. The van der Waals surface area contributed by atoms with Crippen molar-refractivity contribution in [2.75, 3.05) is 5.32 Å². The number of para-hydroxylation sites is 1. The summed E-state index contributed by atoms with van der Waals surface area (Å²) in [7, 11) is 0. The Balaban J connectivity index is 2.22. The third kappa shape index (κ3) is 2.52. The van der Waals surface area contributed by atoms with Crippen molar-refractivity contribution >= 4 is 23.2 Å². The van der Waals surface area contributed by atoms with Gasteiger partial charge >= 0.3 is 0 Å². The van der Waals surface area contributed by atoms with Crippen LogP contribution in [0.4, 0.5) is 5.69 Å². The van der Waals surface area contributed by atoms with E-state index >= 15 is 0 Å². The molecule has 3 N–H and O–H groups in total. The predicted molar refractivity (Wildman–Crippen MR) is 67.0 cm³/mol. The average molecular weight is 265 g/mol. The van der Waals surface area contributed by atoms with Crippen LogP contribution in [0, 0.1) is 0 Å². The number of nitrogens with zero attached hydrogens (tertiary/aromatic N) is 1. The Kier molecular flexibility index (Phi) is 3.34. The second-order valence-corrected chi connectivity index (χ2v) is 3.88. The van der Waals surface area contributed by atoms with Crippen molar-refractivity contribution in [1.82, 2.24) is 4.98 Å². The number of nitrogens with one attached hydrogen (secondary N) is 1. The molecule has 0 radical (unpaired) electrons. The minimum absolute atomic E-state index is 0.0232. The van der Waals surface area contributed by atoms with Crippen molar-refractivity contribution in [1.29, 1.82) is 0 Å². The van der Waals surface area contributed by atoms with Gasteiger partial charge in [-0.3, -0.25) is 4.79 Å². The second-order valence-electron chi connectivity index (χ2n) is 3.50. The summed E-state index contributed by atoms with van der Waals surface area (Å²) in [5.41, 5.74) is 0.414. The van der Waals surface area contributed by atoms with Crippen LogP contribution in [0.2, 0.25) is 5.15 Å². The van der Waals surface area contributed by atoms with E-state index in [-0.39, 0.29) is 11.3 Å². The van der Waals surface area contributed by atoms with Crippen LogP contribution in [-0.4, -0.2) is 21.1 Å². The number of anilines is 1. The van der Waals surface area contributed by atoms with Crippen molar-refractivity contribution in [2.45, 2.75) is 0 Å². The van der Waals surface area contributed by atoms with Crippen molar-refractivity contribution in [2.24, 2.45) is 0 Å². The number of carbonyl (C=O) groups excluding carboxylic acids is 1. The topological polar surface area (TPSA) is 82.5 Å². The third-order valence-electron chi connectivity index (χ3n) is 2.24. The Morgan fingerprint density at radius 1 is 1.22 bits per heavy atom.